The summed E-state index contributed by atoms with van der Waals surface area (Å²) in [6, 6.07) is 4.12. The first-order valence-corrected chi connectivity index (χ1v) is 5.09. The summed E-state index contributed by atoms with van der Waals surface area (Å²) in [6.07, 6.45) is 1.98. The van der Waals surface area contributed by atoms with E-state index in [1.165, 1.54) is 4.88 Å². The van der Waals surface area contributed by atoms with Gasteiger partial charge in [-0.05, 0) is 23.8 Å². The van der Waals surface area contributed by atoms with E-state index in [1.54, 1.807) is 11.3 Å². The van der Waals surface area contributed by atoms with Crippen LogP contribution in [-0.4, -0.2) is 6.29 Å². The molecule has 0 spiro atoms. The highest BCUT2D eigenvalue weighted by Gasteiger charge is 2.12. The van der Waals surface area contributed by atoms with Gasteiger partial charge in [0.1, 0.15) is 6.29 Å². The van der Waals surface area contributed by atoms with E-state index in [0.29, 0.717) is 5.92 Å². The third-order valence-electron chi connectivity index (χ3n) is 2.05. The number of hydrogen-bond donors (Lipinski definition) is 0. The number of carbonyl (C=O) groups is 1. The molecule has 0 aliphatic carbocycles. The minimum Gasteiger partial charge on any atom is -0.303 e. The molecule has 0 radical (unpaired) electrons. The molecular formula is C10H14OS. The molecule has 1 nitrogen and oxygen atoms in total. The Morgan fingerprint density at radius 3 is 2.75 bits per heavy atom. The molecule has 12 heavy (non-hydrogen) atoms. The third-order valence-corrected chi connectivity index (χ3v) is 2.95. The molecule has 0 saturated heterocycles. The zero-order valence-corrected chi connectivity index (χ0v) is 8.30. The van der Waals surface area contributed by atoms with Crippen LogP contribution in [0.3, 0.4) is 0 Å². The molecule has 0 aromatic carbocycles. The Kier molecular flexibility index (Phi) is 3.48. The SMILES string of the molecule is CC(C)C(C=O)Cc1cccs1. The molecule has 0 bridgehead atoms. The minimum atomic E-state index is 0.184. The molecule has 1 atom stereocenters. The summed E-state index contributed by atoms with van der Waals surface area (Å²) in [6.45, 7) is 4.18. The van der Waals surface area contributed by atoms with Crippen molar-refractivity contribution in [2.45, 2.75) is 20.3 Å². The Labute approximate surface area is 77.4 Å². The van der Waals surface area contributed by atoms with Crippen molar-refractivity contribution in [2.24, 2.45) is 11.8 Å². The van der Waals surface area contributed by atoms with Crippen LogP contribution in [0.15, 0.2) is 17.5 Å². The van der Waals surface area contributed by atoms with Crippen molar-refractivity contribution in [1.82, 2.24) is 0 Å². The van der Waals surface area contributed by atoms with E-state index < -0.39 is 0 Å². The van der Waals surface area contributed by atoms with Crippen molar-refractivity contribution in [3.8, 4) is 0 Å². The molecule has 1 heterocycles. The molecule has 0 aliphatic heterocycles. The highest BCUT2D eigenvalue weighted by Crippen LogP contribution is 2.18. The first kappa shape index (κ1) is 9.46. The van der Waals surface area contributed by atoms with E-state index in [1.807, 2.05) is 6.07 Å². The van der Waals surface area contributed by atoms with Crippen molar-refractivity contribution in [3.63, 3.8) is 0 Å². The van der Waals surface area contributed by atoms with Gasteiger partial charge >= 0.3 is 0 Å². The lowest BCUT2D eigenvalue weighted by Gasteiger charge is -2.12. The number of carbonyl (C=O) groups excluding carboxylic acids is 1. The Morgan fingerprint density at radius 1 is 1.58 bits per heavy atom. The maximum atomic E-state index is 10.7. The second-order valence-corrected chi connectivity index (χ2v) is 4.36. The molecule has 1 unspecified atom stereocenters. The van der Waals surface area contributed by atoms with Gasteiger partial charge in [-0.15, -0.1) is 11.3 Å². The molecule has 2 heteroatoms. The summed E-state index contributed by atoms with van der Waals surface area (Å²) in [5, 5.41) is 2.05. The smallest absolute Gasteiger partial charge is 0.123 e. The van der Waals surface area contributed by atoms with Crippen LogP contribution in [0.2, 0.25) is 0 Å². The van der Waals surface area contributed by atoms with Gasteiger partial charge in [-0.1, -0.05) is 19.9 Å². The average molecular weight is 182 g/mol. The molecule has 0 amide bonds. The molecule has 0 saturated carbocycles. The molecule has 0 fully saturated rings. The fourth-order valence-corrected chi connectivity index (χ4v) is 1.88. The zero-order valence-electron chi connectivity index (χ0n) is 7.49. The maximum absolute atomic E-state index is 10.7. The van der Waals surface area contributed by atoms with Gasteiger partial charge in [0.25, 0.3) is 0 Å². The van der Waals surface area contributed by atoms with Crippen LogP contribution < -0.4 is 0 Å². The van der Waals surface area contributed by atoms with Crippen LogP contribution in [0.25, 0.3) is 0 Å². The summed E-state index contributed by atoms with van der Waals surface area (Å²) in [4.78, 5) is 12.0. The summed E-state index contributed by atoms with van der Waals surface area (Å²) < 4.78 is 0. The number of aldehydes is 1. The lowest BCUT2D eigenvalue weighted by atomic mass is 9.93. The van der Waals surface area contributed by atoms with Crippen LogP contribution in [0.5, 0.6) is 0 Å². The van der Waals surface area contributed by atoms with Crippen LogP contribution in [0.4, 0.5) is 0 Å². The third kappa shape index (κ3) is 2.45. The van der Waals surface area contributed by atoms with Crippen LogP contribution >= 0.6 is 11.3 Å². The fourth-order valence-electron chi connectivity index (χ4n) is 1.10. The maximum Gasteiger partial charge on any atom is 0.123 e. The normalized spacial score (nSPS) is 13.2. The van der Waals surface area contributed by atoms with Crippen LogP contribution in [-0.2, 0) is 11.2 Å². The Hall–Kier alpha value is -0.630. The van der Waals surface area contributed by atoms with Crippen LogP contribution in [0.1, 0.15) is 18.7 Å². The number of hydrogen-bond acceptors (Lipinski definition) is 2. The first-order valence-electron chi connectivity index (χ1n) is 4.21. The van der Waals surface area contributed by atoms with Crippen molar-refractivity contribution in [1.29, 1.82) is 0 Å². The predicted molar refractivity (Wildman–Crippen MR) is 52.4 cm³/mol. The topological polar surface area (TPSA) is 17.1 Å². The summed E-state index contributed by atoms with van der Waals surface area (Å²) >= 11 is 1.73. The van der Waals surface area contributed by atoms with E-state index in [0.717, 1.165) is 12.7 Å². The monoisotopic (exact) mass is 182 g/mol. The van der Waals surface area contributed by atoms with Crippen LogP contribution in [0, 0.1) is 11.8 Å². The van der Waals surface area contributed by atoms with Crippen molar-refractivity contribution in [2.75, 3.05) is 0 Å². The van der Waals surface area contributed by atoms with Gasteiger partial charge < -0.3 is 4.79 Å². The molecule has 1 aromatic heterocycles. The average Bonchev–Trinajstić information content (AvgIpc) is 2.51. The lowest BCUT2D eigenvalue weighted by Crippen LogP contribution is -2.12. The van der Waals surface area contributed by atoms with E-state index in [9.17, 15) is 4.79 Å². The molecule has 0 aliphatic rings. The summed E-state index contributed by atoms with van der Waals surface area (Å²) in [5.74, 6) is 0.633. The predicted octanol–water partition coefficient (Wildman–Crippen LogP) is 2.76. The molecule has 1 rings (SSSR count). The Bertz CT molecular complexity index is 226. The molecule has 0 N–H and O–H groups in total. The van der Waals surface area contributed by atoms with Gasteiger partial charge in [0.15, 0.2) is 0 Å². The zero-order chi connectivity index (χ0) is 8.97. The van der Waals surface area contributed by atoms with E-state index in [2.05, 4.69) is 25.3 Å². The second kappa shape index (κ2) is 4.41. The van der Waals surface area contributed by atoms with E-state index >= 15 is 0 Å². The van der Waals surface area contributed by atoms with Crippen molar-refractivity contribution < 1.29 is 4.79 Å². The van der Waals surface area contributed by atoms with E-state index in [-0.39, 0.29) is 5.92 Å². The van der Waals surface area contributed by atoms with Crippen molar-refractivity contribution >= 4 is 17.6 Å². The van der Waals surface area contributed by atoms with Gasteiger partial charge in [-0.25, -0.2) is 0 Å². The van der Waals surface area contributed by atoms with Gasteiger partial charge in [0.2, 0.25) is 0 Å². The second-order valence-electron chi connectivity index (χ2n) is 3.33. The minimum absolute atomic E-state index is 0.184. The van der Waals surface area contributed by atoms with Gasteiger partial charge in [0.05, 0.1) is 0 Å². The molecule has 1 aromatic rings. The molecule has 66 valence electrons. The van der Waals surface area contributed by atoms with E-state index in [4.69, 9.17) is 0 Å². The highest BCUT2D eigenvalue weighted by atomic mass is 32.1. The summed E-state index contributed by atoms with van der Waals surface area (Å²) in [5.41, 5.74) is 0. The molecular weight excluding hydrogens is 168 g/mol. The largest absolute Gasteiger partial charge is 0.303 e. The fraction of sp³-hybridized carbons (Fsp3) is 0.500. The summed E-state index contributed by atoms with van der Waals surface area (Å²) in [7, 11) is 0. The Balaban J connectivity index is 2.54. The first-order chi connectivity index (χ1) is 5.74. The van der Waals surface area contributed by atoms with Gasteiger partial charge in [0, 0.05) is 10.8 Å². The Morgan fingerprint density at radius 2 is 2.33 bits per heavy atom. The lowest BCUT2D eigenvalue weighted by molar-refractivity contribution is -0.112. The van der Waals surface area contributed by atoms with Crippen molar-refractivity contribution in [3.05, 3.63) is 22.4 Å². The van der Waals surface area contributed by atoms with Gasteiger partial charge in [-0.3, -0.25) is 0 Å². The number of rotatable bonds is 4. The quantitative estimate of drug-likeness (QED) is 0.654. The van der Waals surface area contributed by atoms with Gasteiger partial charge in [-0.2, -0.15) is 0 Å². The standard InChI is InChI=1S/C10H14OS/c1-8(2)9(7-11)6-10-4-3-5-12-10/h3-5,7-9H,6H2,1-2H3. The number of thiophene rings is 1. The highest BCUT2D eigenvalue weighted by molar-refractivity contribution is 7.09.